The molecule has 0 bridgehead atoms. The minimum absolute atomic E-state index is 0.157. The summed E-state index contributed by atoms with van der Waals surface area (Å²) < 4.78 is 2.29. The average molecular weight is 605 g/mol. The summed E-state index contributed by atoms with van der Waals surface area (Å²) in [6.45, 7) is 12.5. The van der Waals surface area contributed by atoms with Gasteiger partial charge in [-0.2, -0.15) is 9.84 Å². The predicted octanol–water partition coefficient (Wildman–Crippen LogP) is 10.8. The molecule has 2 aliphatic heterocycles. The molecule has 0 amide bonds. The van der Waals surface area contributed by atoms with Crippen LogP contribution in [-0.2, 0) is 10.8 Å². The van der Waals surface area contributed by atoms with E-state index in [9.17, 15) is 5.26 Å². The number of hydrogen-bond donors (Lipinski definition) is 0. The van der Waals surface area contributed by atoms with Crippen LogP contribution in [0.15, 0.2) is 121 Å². The van der Waals surface area contributed by atoms with Gasteiger partial charge in [0.2, 0.25) is 5.69 Å². The average Bonchev–Trinajstić information content (AvgIpc) is 3.40. The van der Waals surface area contributed by atoms with Gasteiger partial charge in [-0.25, -0.2) is 0 Å². The van der Waals surface area contributed by atoms with Crippen molar-refractivity contribution in [2.45, 2.75) is 71.1 Å². The quantitative estimate of drug-likeness (QED) is 0.0823. The highest BCUT2D eigenvalue weighted by Crippen LogP contribution is 2.51. The van der Waals surface area contributed by atoms with Gasteiger partial charge in [-0.05, 0) is 77.7 Å². The molecular weight excluding hydrogens is 558 g/mol. The van der Waals surface area contributed by atoms with Gasteiger partial charge in [0.05, 0.1) is 17.1 Å². The van der Waals surface area contributed by atoms with Crippen molar-refractivity contribution in [1.29, 1.82) is 5.26 Å². The van der Waals surface area contributed by atoms with Crippen LogP contribution < -0.4 is 4.90 Å². The maximum absolute atomic E-state index is 10.1. The molecule has 0 N–H and O–H groups in total. The fraction of sp³-hybridized carbons (Fsp3) is 0.302. The molecule has 0 saturated carbocycles. The third-order valence-electron chi connectivity index (χ3n) is 10.1. The Bertz CT molecular complexity index is 2010. The smallest absolute Gasteiger partial charge is 0.210 e. The van der Waals surface area contributed by atoms with E-state index in [1.807, 2.05) is 18.2 Å². The van der Waals surface area contributed by atoms with Gasteiger partial charge in [-0.3, -0.25) is 0 Å². The van der Waals surface area contributed by atoms with Gasteiger partial charge in [-0.15, -0.1) is 0 Å². The van der Waals surface area contributed by atoms with E-state index in [1.165, 1.54) is 74.7 Å². The van der Waals surface area contributed by atoms with Crippen LogP contribution in [0.4, 0.5) is 11.4 Å². The summed E-state index contributed by atoms with van der Waals surface area (Å²) in [4.78, 5) is 2.52. The van der Waals surface area contributed by atoms with Crippen LogP contribution >= 0.6 is 0 Å². The van der Waals surface area contributed by atoms with E-state index in [1.54, 1.807) is 0 Å². The fourth-order valence-corrected chi connectivity index (χ4v) is 7.78. The molecule has 0 spiro atoms. The number of unbranched alkanes of at least 4 members (excludes halogenated alkanes) is 3. The van der Waals surface area contributed by atoms with Crippen molar-refractivity contribution < 1.29 is 4.58 Å². The number of rotatable bonds is 9. The van der Waals surface area contributed by atoms with Gasteiger partial charge in [-0.1, -0.05) is 107 Å². The molecular formula is C43H46N3+. The lowest BCUT2D eigenvalue weighted by Crippen LogP contribution is -2.27. The summed E-state index contributed by atoms with van der Waals surface area (Å²) in [5.74, 6) is 0. The SMILES string of the molecule is CCCCCCN1\C(=C/C=C/C(C#N)=C/C=C/C2=[N+](C)c3ccc4ccccc4c3C2(C)C)C(C)(C)c2c1ccc1ccccc21. The third-order valence-corrected chi connectivity index (χ3v) is 10.1. The maximum Gasteiger partial charge on any atom is 0.210 e. The maximum atomic E-state index is 10.1. The predicted molar refractivity (Wildman–Crippen MR) is 196 cm³/mol. The first kappa shape index (κ1) is 31.3. The highest BCUT2D eigenvalue weighted by molar-refractivity contribution is 6.07. The molecule has 232 valence electrons. The lowest BCUT2D eigenvalue weighted by atomic mass is 9.79. The van der Waals surface area contributed by atoms with E-state index in [0.717, 1.165) is 13.0 Å². The molecule has 6 rings (SSSR count). The summed E-state index contributed by atoms with van der Waals surface area (Å²) in [5.41, 5.74) is 8.13. The van der Waals surface area contributed by atoms with E-state index >= 15 is 0 Å². The Balaban J connectivity index is 1.28. The molecule has 0 atom stereocenters. The molecule has 3 heteroatoms. The summed E-state index contributed by atoms with van der Waals surface area (Å²) in [7, 11) is 2.14. The van der Waals surface area contributed by atoms with Crippen molar-refractivity contribution in [1.82, 2.24) is 0 Å². The van der Waals surface area contributed by atoms with Crippen LogP contribution in [0.5, 0.6) is 0 Å². The summed E-state index contributed by atoms with van der Waals surface area (Å²) in [5, 5.41) is 15.2. The number of allylic oxidation sites excluding steroid dienone is 8. The largest absolute Gasteiger partial charge is 0.344 e. The van der Waals surface area contributed by atoms with Gasteiger partial charge < -0.3 is 4.90 Å². The molecule has 46 heavy (non-hydrogen) atoms. The Kier molecular flexibility index (Phi) is 8.58. The van der Waals surface area contributed by atoms with E-state index in [0.29, 0.717) is 5.57 Å². The van der Waals surface area contributed by atoms with Crippen LogP contribution in [0.25, 0.3) is 21.5 Å². The van der Waals surface area contributed by atoms with Crippen LogP contribution in [0.3, 0.4) is 0 Å². The molecule has 0 aromatic heterocycles. The second-order valence-electron chi connectivity index (χ2n) is 13.8. The summed E-state index contributed by atoms with van der Waals surface area (Å²) in [6.07, 6.45) is 17.2. The lowest BCUT2D eigenvalue weighted by Gasteiger charge is -2.27. The molecule has 3 nitrogen and oxygen atoms in total. The Morgan fingerprint density at radius 2 is 1.48 bits per heavy atom. The van der Waals surface area contributed by atoms with Crippen molar-refractivity contribution >= 4 is 38.6 Å². The van der Waals surface area contributed by atoms with E-state index in [-0.39, 0.29) is 10.8 Å². The molecule has 0 unspecified atom stereocenters. The molecule has 0 aliphatic carbocycles. The van der Waals surface area contributed by atoms with Crippen molar-refractivity contribution in [2.75, 3.05) is 18.5 Å². The number of anilines is 1. The monoisotopic (exact) mass is 604 g/mol. The molecule has 2 heterocycles. The number of nitriles is 1. The molecule has 0 radical (unpaired) electrons. The minimum Gasteiger partial charge on any atom is -0.344 e. The first-order valence-corrected chi connectivity index (χ1v) is 16.8. The highest BCUT2D eigenvalue weighted by atomic mass is 15.2. The number of fused-ring (bicyclic) bond motifs is 6. The number of hydrogen-bond acceptors (Lipinski definition) is 2. The van der Waals surface area contributed by atoms with Crippen LogP contribution in [0.2, 0.25) is 0 Å². The van der Waals surface area contributed by atoms with Crippen LogP contribution in [-0.4, -0.2) is 23.9 Å². The minimum atomic E-state index is -0.157. The first-order valence-electron chi connectivity index (χ1n) is 16.8. The zero-order valence-electron chi connectivity index (χ0n) is 28.3. The number of benzene rings is 4. The Morgan fingerprint density at radius 1 is 0.804 bits per heavy atom. The molecule has 2 aliphatic rings. The lowest BCUT2D eigenvalue weighted by molar-refractivity contribution is -0.401. The molecule has 4 aromatic rings. The zero-order chi connectivity index (χ0) is 32.5. The van der Waals surface area contributed by atoms with Crippen LogP contribution in [0.1, 0.15) is 71.4 Å². The van der Waals surface area contributed by atoms with E-state index < -0.39 is 0 Å². The standard InChI is InChI=1S/C43H46N3/c1-7-8-9-14-29-46-37-28-26-33-20-11-13-22-35(33)41(37)43(4,5)39(46)24-16-18-31(30-44)17-15-23-38-42(2,3)40-34-21-12-10-19-32(34)25-27-36(40)45(38)6/h10-13,15-28H,7-9,14,29H2,1-6H3/q+1. The van der Waals surface area contributed by atoms with Gasteiger partial charge in [0.1, 0.15) is 7.05 Å². The molecule has 4 aromatic carbocycles. The molecule has 0 fully saturated rings. The van der Waals surface area contributed by atoms with Gasteiger partial charge in [0.25, 0.3) is 0 Å². The third kappa shape index (κ3) is 5.41. The Morgan fingerprint density at radius 3 is 2.17 bits per heavy atom. The van der Waals surface area contributed by atoms with Crippen molar-refractivity contribution in [2.24, 2.45) is 0 Å². The second-order valence-corrected chi connectivity index (χ2v) is 13.8. The van der Waals surface area contributed by atoms with Crippen molar-refractivity contribution in [3.63, 3.8) is 0 Å². The van der Waals surface area contributed by atoms with Crippen molar-refractivity contribution in [3.8, 4) is 6.07 Å². The van der Waals surface area contributed by atoms with Gasteiger partial charge >= 0.3 is 0 Å². The van der Waals surface area contributed by atoms with Crippen LogP contribution in [0, 0.1) is 11.3 Å². The van der Waals surface area contributed by atoms with E-state index in [4.69, 9.17) is 0 Å². The Labute approximate surface area is 275 Å². The van der Waals surface area contributed by atoms with Gasteiger partial charge in [0.15, 0.2) is 5.71 Å². The summed E-state index contributed by atoms with van der Waals surface area (Å²) in [6, 6.07) is 28.8. The van der Waals surface area contributed by atoms with E-state index in [2.05, 4.69) is 148 Å². The van der Waals surface area contributed by atoms with Crippen molar-refractivity contribution in [3.05, 3.63) is 132 Å². The van der Waals surface area contributed by atoms with Gasteiger partial charge in [0, 0.05) is 41.1 Å². The normalized spacial score (nSPS) is 18.0. The topological polar surface area (TPSA) is 30.0 Å². The first-order chi connectivity index (χ1) is 22.2. The Hall–Kier alpha value is -4.68. The molecule has 0 saturated heterocycles. The fourth-order valence-electron chi connectivity index (χ4n) is 7.78. The second kappa shape index (κ2) is 12.6. The number of nitrogens with zero attached hydrogens (tertiary/aromatic N) is 3. The highest BCUT2D eigenvalue weighted by Gasteiger charge is 2.44. The summed E-state index contributed by atoms with van der Waals surface area (Å²) >= 11 is 0. The zero-order valence-corrected chi connectivity index (χ0v) is 28.3.